The monoisotopic (exact) mass is 273 g/mol. The number of hydrogen-bond acceptors (Lipinski definition) is 2. The van der Waals surface area contributed by atoms with Crippen LogP contribution in [0.1, 0.15) is 55.1 Å². The summed E-state index contributed by atoms with van der Waals surface area (Å²) in [6.45, 7) is 5.05. The molecule has 4 heteroatoms. The fraction of sp³-hybridized carbons (Fsp3) is 0.750. The standard InChI is InChI=1S/C16H23N3O/c1-9-15(10(2)18-17-9)14-4-3-7-19(14)16(20)13-8-12(13)11-5-6-11/h11-14H,3-8H2,1-2H3,(H,17,18)/t12-,13+,14-/m0/s1. The van der Waals surface area contributed by atoms with Gasteiger partial charge in [0.2, 0.25) is 5.91 Å². The van der Waals surface area contributed by atoms with E-state index in [4.69, 9.17) is 0 Å². The minimum Gasteiger partial charge on any atom is -0.335 e. The summed E-state index contributed by atoms with van der Waals surface area (Å²) in [6, 6.07) is 0.265. The zero-order chi connectivity index (χ0) is 13.9. The number of aromatic amines is 1. The number of rotatable bonds is 3. The van der Waals surface area contributed by atoms with Gasteiger partial charge in [0.25, 0.3) is 0 Å². The average molecular weight is 273 g/mol. The van der Waals surface area contributed by atoms with E-state index in [1.54, 1.807) is 0 Å². The maximum absolute atomic E-state index is 12.8. The molecule has 20 heavy (non-hydrogen) atoms. The molecule has 4 rings (SSSR count). The Labute approximate surface area is 119 Å². The van der Waals surface area contributed by atoms with Crippen molar-refractivity contribution in [1.82, 2.24) is 15.1 Å². The molecular formula is C16H23N3O. The third-order valence-electron chi connectivity index (χ3n) is 5.44. The van der Waals surface area contributed by atoms with Crippen LogP contribution in [0.2, 0.25) is 0 Å². The number of aryl methyl sites for hydroxylation is 2. The summed E-state index contributed by atoms with van der Waals surface area (Å²) in [5.41, 5.74) is 3.45. The number of likely N-dealkylation sites (tertiary alicyclic amines) is 1. The third kappa shape index (κ3) is 1.88. The van der Waals surface area contributed by atoms with Gasteiger partial charge in [0.1, 0.15) is 0 Å². The molecule has 0 bridgehead atoms. The Hall–Kier alpha value is -1.32. The van der Waals surface area contributed by atoms with Gasteiger partial charge in [-0.1, -0.05) is 0 Å². The van der Waals surface area contributed by atoms with E-state index in [-0.39, 0.29) is 6.04 Å². The molecular weight excluding hydrogens is 250 g/mol. The zero-order valence-corrected chi connectivity index (χ0v) is 12.4. The van der Waals surface area contributed by atoms with Gasteiger partial charge >= 0.3 is 0 Å². The first-order chi connectivity index (χ1) is 9.66. The van der Waals surface area contributed by atoms with Crippen LogP contribution in [0.5, 0.6) is 0 Å². The fourth-order valence-corrected chi connectivity index (χ4v) is 4.14. The van der Waals surface area contributed by atoms with Gasteiger partial charge in [-0.05, 0) is 57.8 Å². The second kappa shape index (κ2) is 4.34. The van der Waals surface area contributed by atoms with Crippen LogP contribution in [0.4, 0.5) is 0 Å². The SMILES string of the molecule is Cc1n[nH]c(C)c1[C@@H]1CCCN1C(=O)[C@@H]1C[C@H]1C1CC1. The van der Waals surface area contributed by atoms with Gasteiger partial charge in [-0.25, -0.2) is 0 Å². The maximum atomic E-state index is 12.8. The minimum absolute atomic E-state index is 0.265. The Morgan fingerprint density at radius 3 is 2.75 bits per heavy atom. The lowest BCUT2D eigenvalue weighted by Crippen LogP contribution is -2.32. The van der Waals surface area contributed by atoms with E-state index in [0.717, 1.165) is 49.0 Å². The molecule has 0 spiro atoms. The molecule has 1 N–H and O–H groups in total. The van der Waals surface area contributed by atoms with E-state index in [2.05, 4.69) is 22.0 Å². The lowest BCUT2D eigenvalue weighted by molar-refractivity contribution is -0.133. The smallest absolute Gasteiger partial charge is 0.226 e. The number of carbonyl (C=O) groups is 1. The fourth-order valence-electron chi connectivity index (χ4n) is 4.14. The summed E-state index contributed by atoms with van der Waals surface area (Å²) in [4.78, 5) is 14.9. The number of H-pyrrole nitrogens is 1. The second-order valence-electron chi connectivity index (χ2n) is 6.88. The number of nitrogens with one attached hydrogen (secondary N) is 1. The van der Waals surface area contributed by atoms with Crippen molar-refractivity contribution in [3.05, 3.63) is 17.0 Å². The molecule has 3 atom stereocenters. The Morgan fingerprint density at radius 1 is 1.30 bits per heavy atom. The first-order valence-electron chi connectivity index (χ1n) is 7.98. The Balaban J connectivity index is 1.54. The molecule has 0 aromatic carbocycles. The van der Waals surface area contributed by atoms with Gasteiger partial charge < -0.3 is 4.90 Å². The Bertz CT molecular complexity index is 526. The highest BCUT2D eigenvalue weighted by Gasteiger charge is 2.53. The van der Waals surface area contributed by atoms with E-state index in [1.165, 1.54) is 18.4 Å². The topological polar surface area (TPSA) is 49.0 Å². The largest absolute Gasteiger partial charge is 0.335 e. The number of hydrogen-bond donors (Lipinski definition) is 1. The Morgan fingerprint density at radius 2 is 2.10 bits per heavy atom. The average Bonchev–Trinajstić information content (AvgIpc) is 3.31. The van der Waals surface area contributed by atoms with Crippen molar-refractivity contribution < 1.29 is 4.79 Å². The van der Waals surface area contributed by atoms with E-state index in [1.807, 2.05) is 6.92 Å². The predicted octanol–water partition coefficient (Wildman–Crippen LogP) is 2.74. The van der Waals surface area contributed by atoms with Crippen molar-refractivity contribution in [1.29, 1.82) is 0 Å². The van der Waals surface area contributed by atoms with E-state index < -0.39 is 0 Å². The third-order valence-corrected chi connectivity index (χ3v) is 5.44. The molecule has 2 aliphatic carbocycles. The van der Waals surface area contributed by atoms with Crippen LogP contribution < -0.4 is 0 Å². The number of nitrogens with zero attached hydrogens (tertiary/aromatic N) is 2. The summed E-state index contributed by atoms with van der Waals surface area (Å²) < 4.78 is 0. The maximum Gasteiger partial charge on any atom is 0.226 e. The molecule has 0 radical (unpaired) electrons. The highest BCUT2D eigenvalue weighted by Crippen LogP contribution is 2.55. The zero-order valence-electron chi connectivity index (χ0n) is 12.4. The van der Waals surface area contributed by atoms with Gasteiger partial charge in [-0.15, -0.1) is 0 Å². The van der Waals surface area contributed by atoms with E-state index >= 15 is 0 Å². The van der Waals surface area contributed by atoms with Crippen molar-refractivity contribution in [2.24, 2.45) is 17.8 Å². The van der Waals surface area contributed by atoms with Gasteiger partial charge in [0.05, 0.1) is 11.7 Å². The van der Waals surface area contributed by atoms with Crippen LogP contribution in [0, 0.1) is 31.6 Å². The quantitative estimate of drug-likeness (QED) is 0.920. The summed E-state index contributed by atoms with van der Waals surface area (Å²) in [5, 5.41) is 7.37. The molecule has 2 heterocycles. The number of aromatic nitrogens is 2. The Kier molecular flexibility index (Phi) is 2.69. The van der Waals surface area contributed by atoms with Gasteiger partial charge in [-0.3, -0.25) is 9.89 Å². The van der Waals surface area contributed by atoms with Crippen molar-refractivity contribution in [3.8, 4) is 0 Å². The molecule has 1 aromatic heterocycles. The lowest BCUT2D eigenvalue weighted by atomic mass is 10.0. The van der Waals surface area contributed by atoms with Crippen LogP contribution in [0.3, 0.4) is 0 Å². The van der Waals surface area contributed by atoms with Crippen molar-refractivity contribution in [2.75, 3.05) is 6.54 Å². The minimum atomic E-state index is 0.265. The van der Waals surface area contributed by atoms with Crippen LogP contribution in [0.15, 0.2) is 0 Å². The molecule has 2 saturated carbocycles. The van der Waals surface area contributed by atoms with Crippen LogP contribution in [-0.2, 0) is 4.79 Å². The number of carbonyl (C=O) groups excluding carboxylic acids is 1. The molecule has 1 aliphatic heterocycles. The summed E-state index contributed by atoms with van der Waals surface area (Å²) in [6.07, 6.45) is 6.08. The van der Waals surface area contributed by atoms with Gasteiger partial charge in [0.15, 0.2) is 0 Å². The first kappa shape index (κ1) is 12.4. The second-order valence-corrected chi connectivity index (χ2v) is 6.88. The molecule has 1 aromatic rings. The highest BCUT2D eigenvalue weighted by molar-refractivity contribution is 5.82. The highest BCUT2D eigenvalue weighted by atomic mass is 16.2. The van der Waals surface area contributed by atoms with Crippen LogP contribution >= 0.6 is 0 Å². The normalized spacial score (nSPS) is 32.7. The molecule has 1 amide bonds. The molecule has 0 unspecified atom stereocenters. The van der Waals surface area contributed by atoms with Crippen molar-refractivity contribution in [3.63, 3.8) is 0 Å². The van der Waals surface area contributed by atoms with Gasteiger partial charge in [-0.2, -0.15) is 5.10 Å². The van der Waals surface area contributed by atoms with Crippen molar-refractivity contribution >= 4 is 5.91 Å². The molecule has 1 saturated heterocycles. The molecule has 3 aliphatic rings. The van der Waals surface area contributed by atoms with Crippen LogP contribution in [-0.4, -0.2) is 27.5 Å². The molecule has 3 fully saturated rings. The first-order valence-corrected chi connectivity index (χ1v) is 7.98. The molecule has 108 valence electrons. The summed E-state index contributed by atoms with van der Waals surface area (Å²) >= 11 is 0. The molecule has 4 nitrogen and oxygen atoms in total. The number of amides is 1. The summed E-state index contributed by atoms with van der Waals surface area (Å²) in [7, 11) is 0. The van der Waals surface area contributed by atoms with Crippen LogP contribution in [0.25, 0.3) is 0 Å². The lowest BCUT2D eigenvalue weighted by Gasteiger charge is -2.25. The summed E-state index contributed by atoms with van der Waals surface area (Å²) in [5.74, 6) is 2.36. The van der Waals surface area contributed by atoms with Gasteiger partial charge in [0, 0.05) is 23.7 Å². The van der Waals surface area contributed by atoms with E-state index in [0.29, 0.717) is 11.8 Å². The van der Waals surface area contributed by atoms with E-state index in [9.17, 15) is 4.79 Å². The van der Waals surface area contributed by atoms with Crippen molar-refractivity contribution in [2.45, 2.75) is 52.0 Å². The predicted molar refractivity (Wildman–Crippen MR) is 76.1 cm³/mol.